The maximum Gasteiger partial charge on any atom is 0.246 e. The minimum Gasteiger partial charge on any atom is -0.369 e. The van der Waals surface area contributed by atoms with Gasteiger partial charge in [-0.3, -0.25) is 0 Å². The number of para-hydroxylation sites is 1. The van der Waals surface area contributed by atoms with Crippen LogP contribution in [0.4, 0.5) is 14.5 Å². The van der Waals surface area contributed by atoms with Crippen LogP contribution in [0.3, 0.4) is 0 Å². The van der Waals surface area contributed by atoms with Crippen molar-refractivity contribution in [1.82, 2.24) is 4.31 Å². The van der Waals surface area contributed by atoms with Crippen LogP contribution in [0.5, 0.6) is 0 Å². The molecular formula is C18H19BrF2N2O2S. The molecule has 3 rings (SSSR count). The Morgan fingerprint density at radius 2 is 1.69 bits per heavy atom. The van der Waals surface area contributed by atoms with Gasteiger partial charge in [-0.15, -0.1) is 0 Å². The molecule has 8 heteroatoms. The predicted molar refractivity (Wildman–Crippen MR) is 101 cm³/mol. The van der Waals surface area contributed by atoms with Gasteiger partial charge in [0, 0.05) is 31.9 Å². The van der Waals surface area contributed by atoms with Crippen LogP contribution in [0.15, 0.2) is 45.8 Å². The molecular weight excluding hydrogens is 426 g/mol. The quantitative estimate of drug-likeness (QED) is 0.673. The first-order valence-electron chi connectivity index (χ1n) is 8.32. The Kier molecular flexibility index (Phi) is 5.64. The summed E-state index contributed by atoms with van der Waals surface area (Å²) in [6.07, 6.45) is 0.887. The van der Waals surface area contributed by atoms with Crippen molar-refractivity contribution in [3.8, 4) is 0 Å². The van der Waals surface area contributed by atoms with Crippen molar-refractivity contribution in [2.45, 2.75) is 18.2 Å². The molecule has 1 aliphatic heterocycles. The van der Waals surface area contributed by atoms with Crippen molar-refractivity contribution in [2.75, 3.05) is 31.1 Å². The monoisotopic (exact) mass is 444 g/mol. The van der Waals surface area contributed by atoms with E-state index in [1.807, 2.05) is 18.2 Å². The first kappa shape index (κ1) is 19.3. The summed E-state index contributed by atoms with van der Waals surface area (Å²) in [6, 6.07) is 9.58. The van der Waals surface area contributed by atoms with Gasteiger partial charge in [0.25, 0.3) is 0 Å². The summed E-state index contributed by atoms with van der Waals surface area (Å²) in [5.41, 5.74) is 2.29. The highest BCUT2D eigenvalue weighted by Crippen LogP contribution is 2.28. The van der Waals surface area contributed by atoms with Gasteiger partial charge in [0.05, 0.1) is 4.47 Å². The Bertz CT molecular complexity index is 913. The second-order valence-corrected chi connectivity index (χ2v) is 8.83. The zero-order valence-electron chi connectivity index (χ0n) is 14.3. The minimum absolute atomic E-state index is 0.102. The van der Waals surface area contributed by atoms with E-state index in [-0.39, 0.29) is 17.6 Å². The number of sulfonamides is 1. The molecule has 2 aromatic carbocycles. The van der Waals surface area contributed by atoms with Gasteiger partial charge in [-0.1, -0.05) is 25.1 Å². The summed E-state index contributed by atoms with van der Waals surface area (Å²) >= 11 is 2.86. The summed E-state index contributed by atoms with van der Waals surface area (Å²) in [7, 11) is -4.08. The van der Waals surface area contributed by atoms with Gasteiger partial charge in [-0.05, 0) is 46.1 Å². The Balaban J connectivity index is 1.80. The standard InChI is InChI=1S/C18H19BrF2N2O2S/c1-2-13-5-3-4-6-17(13)22-7-9-23(10-8-22)26(24,25)18-12-15(20)14(19)11-16(18)21/h3-6,11-12H,2,7-10H2,1H3. The highest BCUT2D eigenvalue weighted by atomic mass is 79.9. The lowest BCUT2D eigenvalue weighted by molar-refractivity contribution is 0.381. The number of hydrogen-bond acceptors (Lipinski definition) is 3. The molecule has 1 aliphatic rings. The summed E-state index contributed by atoms with van der Waals surface area (Å²) in [4.78, 5) is 1.50. The molecule has 2 aromatic rings. The molecule has 0 spiro atoms. The van der Waals surface area contributed by atoms with E-state index in [1.54, 1.807) is 0 Å². The molecule has 1 fully saturated rings. The van der Waals surface area contributed by atoms with Crippen molar-refractivity contribution < 1.29 is 17.2 Å². The Labute approximate surface area is 160 Å². The number of rotatable bonds is 4. The molecule has 0 aliphatic carbocycles. The van der Waals surface area contributed by atoms with E-state index in [0.717, 1.165) is 24.2 Å². The highest BCUT2D eigenvalue weighted by Gasteiger charge is 2.31. The van der Waals surface area contributed by atoms with Gasteiger partial charge in [0.15, 0.2) is 0 Å². The lowest BCUT2D eigenvalue weighted by Gasteiger charge is -2.36. The fraction of sp³-hybridized carbons (Fsp3) is 0.333. The van der Waals surface area contributed by atoms with Crippen LogP contribution in [0.2, 0.25) is 0 Å². The number of benzene rings is 2. The molecule has 0 amide bonds. The molecule has 0 N–H and O–H groups in total. The molecule has 4 nitrogen and oxygen atoms in total. The lowest BCUT2D eigenvalue weighted by Crippen LogP contribution is -2.49. The van der Waals surface area contributed by atoms with Crippen LogP contribution < -0.4 is 4.90 Å². The molecule has 0 atom stereocenters. The van der Waals surface area contributed by atoms with Crippen molar-refractivity contribution in [3.63, 3.8) is 0 Å². The molecule has 0 bridgehead atoms. The second kappa shape index (κ2) is 7.62. The Morgan fingerprint density at radius 3 is 2.35 bits per heavy atom. The van der Waals surface area contributed by atoms with Crippen molar-refractivity contribution >= 4 is 31.6 Å². The third-order valence-corrected chi connectivity index (χ3v) is 7.07. The fourth-order valence-corrected chi connectivity index (χ4v) is 4.92. The van der Waals surface area contributed by atoms with Gasteiger partial charge in [-0.2, -0.15) is 4.31 Å². The summed E-state index contributed by atoms with van der Waals surface area (Å²) in [6.45, 7) is 3.51. The Hall–Kier alpha value is -1.51. The van der Waals surface area contributed by atoms with Crippen molar-refractivity contribution in [3.05, 3.63) is 58.1 Å². The van der Waals surface area contributed by atoms with Crippen LogP contribution >= 0.6 is 15.9 Å². The zero-order valence-corrected chi connectivity index (χ0v) is 16.7. The first-order chi connectivity index (χ1) is 12.3. The fourth-order valence-electron chi connectivity index (χ4n) is 3.13. The lowest BCUT2D eigenvalue weighted by atomic mass is 10.1. The second-order valence-electron chi connectivity index (χ2n) is 6.07. The predicted octanol–water partition coefficient (Wildman–Crippen LogP) is 3.80. The van der Waals surface area contributed by atoms with Crippen LogP contribution in [0, 0.1) is 11.6 Å². The van der Waals surface area contributed by atoms with Crippen LogP contribution in [0.1, 0.15) is 12.5 Å². The third kappa shape index (κ3) is 3.63. The number of anilines is 1. The zero-order chi connectivity index (χ0) is 18.9. The van der Waals surface area contributed by atoms with Gasteiger partial charge >= 0.3 is 0 Å². The summed E-state index contributed by atoms with van der Waals surface area (Å²) < 4.78 is 54.4. The van der Waals surface area contributed by atoms with E-state index in [4.69, 9.17) is 0 Å². The highest BCUT2D eigenvalue weighted by molar-refractivity contribution is 9.10. The van der Waals surface area contributed by atoms with E-state index in [2.05, 4.69) is 33.8 Å². The van der Waals surface area contributed by atoms with E-state index >= 15 is 0 Å². The van der Waals surface area contributed by atoms with E-state index in [1.165, 1.54) is 9.87 Å². The van der Waals surface area contributed by atoms with Crippen LogP contribution in [-0.2, 0) is 16.4 Å². The van der Waals surface area contributed by atoms with Crippen molar-refractivity contribution in [2.24, 2.45) is 0 Å². The van der Waals surface area contributed by atoms with E-state index in [9.17, 15) is 17.2 Å². The molecule has 0 radical (unpaired) electrons. The first-order valence-corrected chi connectivity index (χ1v) is 10.6. The average molecular weight is 445 g/mol. The number of hydrogen-bond donors (Lipinski definition) is 0. The largest absolute Gasteiger partial charge is 0.369 e. The smallest absolute Gasteiger partial charge is 0.246 e. The Morgan fingerprint density at radius 1 is 1.04 bits per heavy atom. The number of aryl methyl sites for hydroxylation is 1. The third-order valence-electron chi connectivity index (χ3n) is 4.54. The molecule has 0 unspecified atom stereocenters. The maximum absolute atomic E-state index is 14.1. The minimum atomic E-state index is -4.08. The van der Waals surface area contributed by atoms with E-state index < -0.39 is 26.6 Å². The van der Waals surface area contributed by atoms with Gasteiger partial charge in [0.2, 0.25) is 10.0 Å². The van der Waals surface area contributed by atoms with Gasteiger partial charge in [-0.25, -0.2) is 17.2 Å². The topological polar surface area (TPSA) is 40.6 Å². The molecule has 26 heavy (non-hydrogen) atoms. The SMILES string of the molecule is CCc1ccccc1N1CCN(S(=O)(=O)c2cc(F)c(Br)cc2F)CC1. The number of piperazine rings is 1. The molecule has 1 heterocycles. The normalized spacial score (nSPS) is 16.1. The van der Waals surface area contributed by atoms with Gasteiger partial charge < -0.3 is 4.90 Å². The number of halogens is 3. The van der Waals surface area contributed by atoms with Crippen LogP contribution in [-0.4, -0.2) is 38.9 Å². The van der Waals surface area contributed by atoms with E-state index in [0.29, 0.717) is 13.1 Å². The van der Waals surface area contributed by atoms with Gasteiger partial charge in [0.1, 0.15) is 16.5 Å². The molecule has 1 saturated heterocycles. The summed E-state index contributed by atoms with van der Waals surface area (Å²) in [5.74, 6) is -1.77. The molecule has 140 valence electrons. The molecule has 0 aromatic heterocycles. The average Bonchev–Trinajstić information content (AvgIpc) is 2.64. The number of nitrogens with zero attached hydrogens (tertiary/aromatic N) is 2. The van der Waals surface area contributed by atoms with Crippen LogP contribution in [0.25, 0.3) is 0 Å². The molecule has 0 saturated carbocycles. The maximum atomic E-state index is 14.1. The summed E-state index contributed by atoms with van der Waals surface area (Å²) in [5, 5.41) is 0. The van der Waals surface area contributed by atoms with Crippen molar-refractivity contribution in [1.29, 1.82) is 0 Å².